The Hall–Kier alpha value is -1.11. The van der Waals surface area contributed by atoms with Crippen molar-refractivity contribution in [3.63, 3.8) is 0 Å². The number of rotatable bonds is 6. The maximum Gasteiger partial charge on any atom is 0.116 e. The molecule has 1 aromatic carbocycles. The van der Waals surface area contributed by atoms with Gasteiger partial charge in [-0.25, -0.2) is 8.93 Å². The van der Waals surface area contributed by atoms with Crippen LogP contribution >= 0.6 is 0 Å². The maximum absolute atomic E-state index is 12.7. The van der Waals surface area contributed by atoms with Crippen molar-refractivity contribution in [1.29, 1.82) is 0 Å². The van der Waals surface area contributed by atoms with E-state index in [2.05, 4.69) is 42.5 Å². The SMILES string of the molecule is CCCC#C[C@](CCC)(N[S@](=O)C(C)(C)C)c1ccccc1. The van der Waals surface area contributed by atoms with Gasteiger partial charge in [0.15, 0.2) is 0 Å². The van der Waals surface area contributed by atoms with Crippen LogP contribution in [0, 0.1) is 11.8 Å². The van der Waals surface area contributed by atoms with Crippen LogP contribution in [0.1, 0.15) is 65.9 Å². The minimum Gasteiger partial charge on any atom is -0.242 e. The predicted octanol–water partition coefficient (Wildman–Crippen LogP) is 4.54. The molecule has 1 rings (SSSR count). The summed E-state index contributed by atoms with van der Waals surface area (Å²) in [6.45, 7) is 10.2. The summed E-state index contributed by atoms with van der Waals surface area (Å²) in [4.78, 5) is 0. The van der Waals surface area contributed by atoms with E-state index < -0.39 is 16.5 Å². The lowest BCUT2D eigenvalue weighted by Crippen LogP contribution is -2.47. The van der Waals surface area contributed by atoms with Gasteiger partial charge in [0.2, 0.25) is 0 Å². The molecule has 2 nitrogen and oxygen atoms in total. The highest BCUT2D eigenvalue weighted by Crippen LogP contribution is 2.28. The molecule has 0 amide bonds. The second-order valence-electron chi connectivity index (χ2n) is 6.56. The van der Waals surface area contributed by atoms with Gasteiger partial charge in [-0.05, 0) is 39.2 Å². The average Bonchev–Trinajstić information content (AvgIpc) is 2.47. The van der Waals surface area contributed by atoms with E-state index in [0.29, 0.717) is 0 Å². The minimum absolute atomic E-state index is 0.319. The van der Waals surface area contributed by atoms with E-state index in [0.717, 1.165) is 31.2 Å². The summed E-state index contributed by atoms with van der Waals surface area (Å²) < 4.78 is 15.7. The average molecular weight is 320 g/mol. The highest BCUT2D eigenvalue weighted by Gasteiger charge is 2.34. The van der Waals surface area contributed by atoms with Crippen molar-refractivity contribution in [1.82, 2.24) is 4.72 Å². The molecule has 1 aromatic rings. The minimum atomic E-state index is -1.17. The van der Waals surface area contributed by atoms with E-state index in [9.17, 15) is 4.21 Å². The van der Waals surface area contributed by atoms with Crippen LogP contribution < -0.4 is 4.72 Å². The number of hydrogen-bond donors (Lipinski definition) is 1. The maximum atomic E-state index is 12.7. The van der Waals surface area contributed by atoms with Gasteiger partial charge in [0.1, 0.15) is 5.54 Å². The third-order valence-electron chi connectivity index (χ3n) is 3.39. The predicted molar refractivity (Wildman–Crippen MR) is 96.7 cm³/mol. The van der Waals surface area contributed by atoms with Gasteiger partial charge in [-0.3, -0.25) is 0 Å². The van der Waals surface area contributed by atoms with Crippen LogP contribution in [0.25, 0.3) is 0 Å². The molecule has 0 aliphatic rings. The first-order valence-corrected chi connectivity index (χ1v) is 9.26. The smallest absolute Gasteiger partial charge is 0.116 e. The highest BCUT2D eigenvalue weighted by atomic mass is 32.2. The molecular weight excluding hydrogens is 290 g/mol. The third-order valence-corrected chi connectivity index (χ3v) is 5.04. The van der Waals surface area contributed by atoms with Crippen LogP contribution in [0.5, 0.6) is 0 Å². The Morgan fingerprint density at radius 2 is 1.73 bits per heavy atom. The summed E-state index contributed by atoms with van der Waals surface area (Å²) >= 11 is 0. The largest absolute Gasteiger partial charge is 0.242 e. The molecule has 0 saturated carbocycles. The summed E-state index contributed by atoms with van der Waals surface area (Å²) in [6.07, 6.45) is 3.72. The molecule has 0 radical (unpaired) electrons. The van der Waals surface area contributed by atoms with Crippen LogP contribution in [0.2, 0.25) is 0 Å². The fourth-order valence-corrected chi connectivity index (χ4v) is 3.06. The summed E-state index contributed by atoms with van der Waals surface area (Å²) in [5, 5.41) is 0. The fraction of sp³-hybridized carbons (Fsp3) is 0.579. The first kappa shape index (κ1) is 18.9. The van der Waals surface area contributed by atoms with Crippen molar-refractivity contribution < 1.29 is 4.21 Å². The van der Waals surface area contributed by atoms with E-state index >= 15 is 0 Å². The molecule has 0 fully saturated rings. The molecule has 0 heterocycles. The van der Waals surface area contributed by atoms with E-state index in [1.54, 1.807) is 0 Å². The number of nitrogens with one attached hydrogen (secondary N) is 1. The lowest BCUT2D eigenvalue weighted by atomic mass is 9.87. The van der Waals surface area contributed by atoms with E-state index in [4.69, 9.17) is 0 Å². The molecule has 0 bridgehead atoms. The summed E-state index contributed by atoms with van der Waals surface area (Å²) in [6, 6.07) is 10.2. The van der Waals surface area contributed by atoms with Crippen LogP contribution in [0.3, 0.4) is 0 Å². The second kappa shape index (κ2) is 8.50. The van der Waals surface area contributed by atoms with Crippen molar-refractivity contribution in [2.45, 2.75) is 70.6 Å². The van der Waals surface area contributed by atoms with Gasteiger partial charge < -0.3 is 0 Å². The van der Waals surface area contributed by atoms with Crippen LogP contribution in [0.4, 0.5) is 0 Å². The molecule has 0 aliphatic carbocycles. The Morgan fingerprint density at radius 3 is 2.23 bits per heavy atom. The lowest BCUT2D eigenvalue weighted by molar-refractivity contribution is 0.470. The third kappa shape index (κ3) is 5.26. The molecular formula is C19H29NOS. The first-order valence-electron chi connectivity index (χ1n) is 8.11. The molecule has 0 aliphatic heterocycles. The number of hydrogen-bond acceptors (Lipinski definition) is 1. The van der Waals surface area contributed by atoms with Gasteiger partial charge in [0.05, 0.1) is 15.7 Å². The molecule has 2 atom stereocenters. The molecule has 0 unspecified atom stereocenters. The Labute approximate surface area is 138 Å². The fourth-order valence-electron chi connectivity index (χ4n) is 2.16. The summed E-state index contributed by atoms with van der Waals surface area (Å²) in [5.41, 5.74) is 0.557. The van der Waals surface area contributed by atoms with Gasteiger partial charge in [0.25, 0.3) is 0 Å². The number of benzene rings is 1. The van der Waals surface area contributed by atoms with Crippen LogP contribution in [-0.2, 0) is 16.5 Å². The van der Waals surface area contributed by atoms with Crippen molar-refractivity contribution in [3.05, 3.63) is 35.9 Å². The van der Waals surface area contributed by atoms with Gasteiger partial charge in [-0.15, -0.1) is 5.92 Å². The molecule has 3 heteroatoms. The Kier molecular flexibility index (Phi) is 7.32. The van der Waals surface area contributed by atoms with Crippen molar-refractivity contribution in [3.8, 4) is 11.8 Å². The van der Waals surface area contributed by atoms with Gasteiger partial charge in [-0.1, -0.05) is 56.5 Å². The van der Waals surface area contributed by atoms with Crippen molar-refractivity contribution >= 4 is 11.0 Å². The summed E-state index contributed by atoms with van der Waals surface area (Å²) in [5.74, 6) is 6.67. The standard InChI is InChI=1S/C19H29NOS/c1-6-8-12-16-19(15-7-2,17-13-10-9-11-14-17)20-22(21)18(3,4)5/h9-11,13-14,20H,6-8,15H2,1-5H3/t19-,22+/m0/s1. The molecule has 22 heavy (non-hydrogen) atoms. The quantitative estimate of drug-likeness (QED) is 0.766. The molecule has 0 saturated heterocycles. The Balaban J connectivity index is 3.28. The molecule has 0 spiro atoms. The highest BCUT2D eigenvalue weighted by molar-refractivity contribution is 7.84. The second-order valence-corrected chi connectivity index (χ2v) is 8.52. The van der Waals surface area contributed by atoms with E-state index in [1.807, 2.05) is 39.0 Å². The Bertz CT molecular complexity index is 536. The summed E-state index contributed by atoms with van der Waals surface area (Å²) in [7, 11) is -1.17. The molecule has 122 valence electrons. The van der Waals surface area contributed by atoms with Crippen molar-refractivity contribution in [2.24, 2.45) is 0 Å². The lowest BCUT2D eigenvalue weighted by Gasteiger charge is -2.33. The zero-order valence-corrected chi connectivity index (χ0v) is 15.3. The Morgan fingerprint density at radius 1 is 1.09 bits per heavy atom. The molecule has 1 N–H and O–H groups in total. The zero-order chi connectivity index (χ0) is 16.6. The van der Waals surface area contributed by atoms with Crippen molar-refractivity contribution in [2.75, 3.05) is 0 Å². The zero-order valence-electron chi connectivity index (χ0n) is 14.5. The van der Waals surface area contributed by atoms with Crippen LogP contribution in [-0.4, -0.2) is 8.96 Å². The van der Waals surface area contributed by atoms with Gasteiger partial charge >= 0.3 is 0 Å². The topological polar surface area (TPSA) is 29.1 Å². The van der Waals surface area contributed by atoms with E-state index in [-0.39, 0.29) is 4.75 Å². The van der Waals surface area contributed by atoms with Gasteiger partial charge in [-0.2, -0.15) is 0 Å². The van der Waals surface area contributed by atoms with E-state index in [1.165, 1.54) is 0 Å². The molecule has 0 aromatic heterocycles. The first-order chi connectivity index (χ1) is 10.4. The number of unbranched alkanes of at least 4 members (excludes halogenated alkanes) is 1. The monoisotopic (exact) mass is 319 g/mol. The normalized spacial score (nSPS) is 15.5. The van der Waals surface area contributed by atoms with Gasteiger partial charge in [0, 0.05) is 6.42 Å². The van der Waals surface area contributed by atoms with Crippen LogP contribution in [0.15, 0.2) is 30.3 Å².